The van der Waals surface area contributed by atoms with Crippen LogP contribution in [0.1, 0.15) is 16.7 Å². The number of piperazine rings is 1. The molecule has 0 spiro atoms. The van der Waals surface area contributed by atoms with E-state index in [4.69, 9.17) is 5.73 Å². The molecule has 1 amide bonds. The molecule has 0 radical (unpaired) electrons. The highest BCUT2D eigenvalue weighted by atomic mass is 35.5. The lowest BCUT2D eigenvalue weighted by atomic mass is 10.1. The standard InChI is InChI=1S/C21H27N3O.2ClH/c1-17-7-5-6-10-19(17)16-23-11-13-24(14-12-23)21(25)20(22)15-18-8-3-2-4-9-18;;/h2-10,20H,11-16,22H2,1H3;2*1H. The summed E-state index contributed by atoms with van der Waals surface area (Å²) >= 11 is 0. The zero-order chi connectivity index (χ0) is 17.6. The van der Waals surface area contributed by atoms with Crippen molar-refractivity contribution >= 4 is 30.7 Å². The third-order valence-electron chi connectivity index (χ3n) is 4.95. The molecule has 27 heavy (non-hydrogen) atoms. The van der Waals surface area contributed by atoms with Crippen LogP contribution in [-0.4, -0.2) is 47.9 Å². The lowest BCUT2D eigenvalue weighted by Gasteiger charge is -2.36. The molecule has 2 aromatic rings. The van der Waals surface area contributed by atoms with Gasteiger partial charge < -0.3 is 10.6 Å². The first-order valence-corrected chi connectivity index (χ1v) is 8.98. The molecule has 2 N–H and O–H groups in total. The SMILES string of the molecule is Cc1ccccc1CN1CCN(C(=O)C(N)Cc2ccccc2)CC1.Cl.Cl. The number of aryl methyl sites for hydroxylation is 1. The van der Waals surface area contributed by atoms with Gasteiger partial charge in [0.15, 0.2) is 0 Å². The second-order valence-corrected chi connectivity index (χ2v) is 6.82. The number of halogens is 2. The normalized spacial score (nSPS) is 15.4. The first-order valence-electron chi connectivity index (χ1n) is 8.98. The summed E-state index contributed by atoms with van der Waals surface area (Å²) < 4.78 is 0. The molecule has 3 rings (SSSR count). The van der Waals surface area contributed by atoms with Crippen molar-refractivity contribution in [1.82, 2.24) is 9.80 Å². The highest BCUT2D eigenvalue weighted by molar-refractivity contribution is 5.85. The Hall–Kier alpha value is -1.59. The maximum Gasteiger partial charge on any atom is 0.239 e. The maximum absolute atomic E-state index is 12.6. The second-order valence-electron chi connectivity index (χ2n) is 6.82. The molecular weight excluding hydrogens is 381 g/mol. The first-order chi connectivity index (χ1) is 12.1. The van der Waals surface area contributed by atoms with Crippen LogP contribution in [0.15, 0.2) is 54.6 Å². The van der Waals surface area contributed by atoms with Crippen LogP contribution in [0.4, 0.5) is 0 Å². The van der Waals surface area contributed by atoms with Crippen LogP contribution in [0.5, 0.6) is 0 Å². The molecule has 4 nitrogen and oxygen atoms in total. The Morgan fingerprint density at radius 3 is 2.19 bits per heavy atom. The largest absolute Gasteiger partial charge is 0.339 e. The van der Waals surface area contributed by atoms with E-state index in [0.717, 1.165) is 38.3 Å². The Bertz CT molecular complexity index is 704. The van der Waals surface area contributed by atoms with E-state index in [1.807, 2.05) is 35.2 Å². The van der Waals surface area contributed by atoms with Crippen molar-refractivity contribution in [3.05, 3.63) is 71.3 Å². The summed E-state index contributed by atoms with van der Waals surface area (Å²) in [7, 11) is 0. The van der Waals surface area contributed by atoms with Crippen molar-refractivity contribution in [3.8, 4) is 0 Å². The molecule has 1 heterocycles. The Balaban J connectivity index is 0.00000182. The van der Waals surface area contributed by atoms with Crippen LogP contribution >= 0.6 is 24.8 Å². The fraction of sp³-hybridized carbons (Fsp3) is 0.381. The Morgan fingerprint density at radius 2 is 1.56 bits per heavy atom. The van der Waals surface area contributed by atoms with E-state index in [1.54, 1.807) is 0 Å². The quantitative estimate of drug-likeness (QED) is 0.825. The van der Waals surface area contributed by atoms with Crippen LogP contribution in [0, 0.1) is 6.92 Å². The van der Waals surface area contributed by atoms with E-state index in [2.05, 4.69) is 36.1 Å². The summed E-state index contributed by atoms with van der Waals surface area (Å²) in [6, 6.07) is 18.0. The van der Waals surface area contributed by atoms with Gasteiger partial charge in [-0.3, -0.25) is 9.69 Å². The summed E-state index contributed by atoms with van der Waals surface area (Å²) in [6.07, 6.45) is 0.600. The molecule has 1 atom stereocenters. The number of nitrogens with two attached hydrogens (primary N) is 1. The number of nitrogens with zero attached hydrogens (tertiary/aromatic N) is 2. The van der Waals surface area contributed by atoms with Gasteiger partial charge in [0.25, 0.3) is 0 Å². The van der Waals surface area contributed by atoms with Crippen molar-refractivity contribution in [1.29, 1.82) is 0 Å². The van der Waals surface area contributed by atoms with E-state index >= 15 is 0 Å². The van der Waals surface area contributed by atoms with Gasteiger partial charge in [-0.15, -0.1) is 24.8 Å². The van der Waals surface area contributed by atoms with Crippen molar-refractivity contribution in [2.45, 2.75) is 25.9 Å². The predicted octanol–water partition coefficient (Wildman–Crippen LogP) is 3.05. The van der Waals surface area contributed by atoms with Gasteiger partial charge in [0.2, 0.25) is 5.91 Å². The summed E-state index contributed by atoms with van der Waals surface area (Å²) in [5.74, 6) is 0.0689. The molecule has 148 valence electrons. The predicted molar refractivity (Wildman–Crippen MR) is 116 cm³/mol. The summed E-state index contributed by atoms with van der Waals surface area (Å²) in [5.41, 5.74) is 9.95. The fourth-order valence-electron chi connectivity index (χ4n) is 3.34. The van der Waals surface area contributed by atoms with Crippen LogP contribution in [0.3, 0.4) is 0 Å². The number of amides is 1. The summed E-state index contributed by atoms with van der Waals surface area (Å²) in [6.45, 7) is 6.42. The Labute approximate surface area is 174 Å². The van der Waals surface area contributed by atoms with Gasteiger partial charge >= 0.3 is 0 Å². The molecular formula is C21H29Cl2N3O. The molecule has 1 saturated heterocycles. The highest BCUT2D eigenvalue weighted by Gasteiger charge is 2.25. The van der Waals surface area contributed by atoms with Crippen molar-refractivity contribution < 1.29 is 4.79 Å². The van der Waals surface area contributed by atoms with E-state index in [-0.39, 0.29) is 30.7 Å². The van der Waals surface area contributed by atoms with Gasteiger partial charge in [0.1, 0.15) is 0 Å². The molecule has 2 aromatic carbocycles. The van der Waals surface area contributed by atoms with E-state index in [9.17, 15) is 4.79 Å². The first kappa shape index (κ1) is 23.4. The third kappa shape index (κ3) is 6.51. The molecule has 1 aliphatic heterocycles. The smallest absolute Gasteiger partial charge is 0.239 e. The molecule has 0 saturated carbocycles. The molecule has 0 aliphatic carbocycles. The zero-order valence-corrected chi connectivity index (χ0v) is 17.3. The van der Waals surface area contributed by atoms with Crippen LogP contribution in [0.2, 0.25) is 0 Å². The molecule has 0 aromatic heterocycles. The maximum atomic E-state index is 12.6. The zero-order valence-electron chi connectivity index (χ0n) is 15.7. The molecule has 6 heteroatoms. The summed E-state index contributed by atoms with van der Waals surface area (Å²) in [5, 5.41) is 0. The van der Waals surface area contributed by atoms with Crippen LogP contribution in [0.25, 0.3) is 0 Å². The van der Waals surface area contributed by atoms with Crippen LogP contribution in [-0.2, 0) is 17.8 Å². The van der Waals surface area contributed by atoms with Gasteiger partial charge in [0, 0.05) is 32.7 Å². The minimum atomic E-state index is -0.453. The molecule has 1 fully saturated rings. The third-order valence-corrected chi connectivity index (χ3v) is 4.95. The number of benzene rings is 2. The number of carbonyl (C=O) groups is 1. The Kier molecular flexibility index (Phi) is 9.81. The fourth-order valence-corrected chi connectivity index (χ4v) is 3.34. The molecule has 1 unspecified atom stereocenters. The van der Waals surface area contributed by atoms with E-state index in [1.165, 1.54) is 11.1 Å². The van der Waals surface area contributed by atoms with Gasteiger partial charge in [-0.25, -0.2) is 0 Å². The lowest BCUT2D eigenvalue weighted by molar-refractivity contribution is -0.134. The van der Waals surface area contributed by atoms with Gasteiger partial charge in [-0.1, -0.05) is 54.6 Å². The average molecular weight is 410 g/mol. The van der Waals surface area contributed by atoms with Gasteiger partial charge in [0.05, 0.1) is 6.04 Å². The van der Waals surface area contributed by atoms with Crippen LogP contribution < -0.4 is 5.73 Å². The number of carbonyl (C=O) groups excluding carboxylic acids is 1. The van der Waals surface area contributed by atoms with Crippen molar-refractivity contribution in [2.75, 3.05) is 26.2 Å². The molecule has 0 bridgehead atoms. The molecule has 1 aliphatic rings. The van der Waals surface area contributed by atoms with Gasteiger partial charge in [-0.2, -0.15) is 0 Å². The highest BCUT2D eigenvalue weighted by Crippen LogP contribution is 2.13. The summed E-state index contributed by atoms with van der Waals surface area (Å²) in [4.78, 5) is 16.9. The van der Waals surface area contributed by atoms with Crippen molar-refractivity contribution in [2.24, 2.45) is 5.73 Å². The average Bonchev–Trinajstić information content (AvgIpc) is 2.64. The number of hydrogen-bond acceptors (Lipinski definition) is 3. The number of rotatable bonds is 5. The van der Waals surface area contributed by atoms with E-state index in [0.29, 0.717) is 6.42 Å². The van der Waals surface area contributed by atoms with E-state index < -0.39 is 6.04 Å². The lowest BCUT2D eigenvalue weighted by Crippen LogP contribution is -2.53. The van der Waals surface area contributed by atoms with Crippen molar-refractivity contribution in [3.63, 3.8) is 0 Å². The minimum absolute atomic E-state index is 0. The minimum Gasteiger partial charge on any atom is -0.339 e. The topological polar surface area (TPSA) is 49.6 Å². The number of hydrogen-bond donors (Lipinski definition) is 1. The second kappa shape index (κ2) is 11.3. The monoisotopic (exact) mass is 409 g/mol. The van der Waals surface area contributed by atoms with Gasteiger partial charge in [-0.05, 0) is 30.0 Å². The Morgan fingerprint density at radius 1 is 0.963 bits per heavy atom.